The quantitative estimate of drug-likeness (QED) is 0.443. The molecule has 0 radical (unpaired) electrons. The van der Waals surface area contributed by atoms with Gasteiger partial charge in [0, 0.05) is 19.6 Å². The van der Waals surface area contributed by atoms with Gasteiger partial charge in [-0.2, -0.15) is 0 Å². The predicted molar refractivity (Wildman–Crippen MR) is 112 cm³/mol. The highest BCUT2D eigenvalue weighted by Gasteiger charge is 2.28. The fourth-order valence-corrected chi connectivity index (χ4v) is 4.72. The Morgan fingerprint density at radius 2 is 2.03 bits per heavy atom. The molecule has 0 aliphatic carbocycles. The molecule has 0 N–H and O–H groups in total. The molecule has 3 heterocycles. The van der Waals surface area contributed by atoms with Gasteiger partial charge >= 0.3 is 11.9 Å². The zero-order valence-electron chi connectivity index (χ0n) is 16.9. The molecule has 0 atom stereocenters. The van der Waals surface area contributed by atoms with Gasteiger partial charge in [0.1, 0.15) is 0 Å². The Bertz CT molecular complexity index is 876. The SMILES string of the molecule is CCn1c(SCC(=O)OCC(=O)N2CCC(C(=O)OC)CC2)nnc1-c1cccs1. The molecule has 2 aromatic rings. The number of hydrogen-bond donors (Lipinski definition) is 0. The third-order valence-electron chi connectivity index (χ3n) is 4.83. The average Bonchev–Trinajstić information content (AvgIpc) is 3.44. The molecule has 0 aromatic carbocycles. The molecule has 0 unspecified atom stereocenters. The van der Waals surface area contributed by atoms with Gasteiger partial charge in [-0.3, -0.25) is 14.4 Å². The molecule has 1 amide bonds. The highest BCUT2D eigenvalue weighted by molar-refractivity contribution is 7.99. The zero-order valence-corrected chi connectivity index (χ0v) is 18.5. The first kappa shape index (κ1) is 22.3. The van der Waals surface area contributed by atoms with Crippen LogP contribution in [0.4, 0.5) is 0 Å². The molecule has 1 aliphatic heterocycles. The first-order chi connectivity index (χ1) is 14.5. The van der Waals surface area contributed by atoms with Crippen molar-refractivity contribution in [2.75, 3.05) is 32.6 Å². The maximum atomic E-state index is 12.3. The van der Waals surface area contributed by atoms with Gasteiger partial charge in [0.15, 0.2) is 17.6 Å². The van der Waals surface area contributed by atoms with Crippen molar-refractivity contribution in [2.45, 2.75) is 31.5 Å². The van der Waals surface area contributed by atoms with E-state index in [9.17, 15) is 14.4 Å². The Kier molecular flexibility index (Phi) is 7.86. The maximum Gasteiger partial charge on any atom is 0.316 e. The number of hydrogen-bond acceptors (Lipinski definition) is 9. The van der Waals surface area contributed by atoms with Crippen LogP contribution in [0.15, 0.2) is 22.7 Å². The summed E-state index contributed by atoms with van der Waals surface area (Å²) < 4.78 is 11.8. The Morgan fingerprint density at radius 3 is 2.67 bits per heavy atom. The molecule has 0 spiro atoms. The third-order valence-corrected chi connectivity index (χ3v) is 6.64. The summed E-state index contributed by atoms with van der Waals surface area (Å²) in [7, 11) is 1.36. The molecule has 1 fully saturated rings. The lowest BCUT2D eigenvalue weighted by molar-refractivity contribution is -0.152. The standard InChI is InChI=1S/C19H24N4O5S2/c1-3-23-17(14-5-4-10-29-14)20-21-19(23)30-12-16(25)28-11-15(24)22-8-6-13(7-9-22)18(26)27-2/h4-5,10,13H,3,6-9,11-12H2,1-2H3. The fraction of sp³-hybridized carbons (Fsp3) is 0.526. The molecule has 11 heteroatoms. The van der Waals surface area contributed by atoms with E-state index in [0.29, 0.717) is 37.6 Å². The van der Waals surface area contributed by atoms with Gasteiger partial charge in [-0.15, -0.1) is 21.5 Å². The lowest BCUT2D eigenvalue weighted by atomic mass is 9.97. The van der Waals surface area contributed by atoms with Gasteiger partial charge < -0.3 is 18.9 Å². The summed E-state index contributed by atoms with van der Waals surface area (Å²) in [5.41, 5.74) is 0. The second-order valence-corrected chi connectivity index (χ2v) is 8.55. The molecule has 2 aromatic heterocycles. The van der Waals surface area contributed by atoms with Crippen LogP contribution in [0.25, 0.3) is 10.7 Å². The maximum absolute atomic E-state index is 12.3. The average molecular weight is 453 g/mol. The highest BCUT2D eigenvalue weighted by atomic mass is 32.2. The minimum absolute atomic E-state index is 0.0419. The van der Waals surface area contributed by atoms with Crippen LogP contribution < -0.4 is 0 Å². The van der Waals surface area contributed by atoms with Gasteiger partial charge in [0.2, 0.25) is 0 Å². The predicted octanol–water partition coefficient (Wildman–Crippen LogP) is 2.07. The van der Waals surface area contributed by atoms with E-state index >= 15 is 0 Å². The Balaban J connectivity index is 1.43. The molecule has 0 saturated carbocycles. The lowest BCUT2D eigenvalue weighted by Crippen LogP contribution is -2.42. The molecule has 9 nitrogen and oxygen atoms in total. The number of rotatable bonds is 8. The van der Waals surface area contributed by atoms with Crippen molar-refractivity contribution in [3.05, 3.63) is 17.5 Å². The molecule has 30 heavy (non-hydrogen) atoms. The van der Waals surface area contributed by atoms with Crippen LogP contribution in [0.2, 0.25) is 0 Å². The largest absolute Gasteiger partial charge is 0.469 e. The van der Waals surface area contributed by atoms with Crippen molar-refractivity contribution in [3.63, 3.8) is 0 Å². The Hall–Kier alpha value is -2.40. The molecular formula is C19H24N4O5S2. The number of likely N-dealkylation sites (tertiary alicyclic amines) is 1. The van der Waals surface area contributed by atoms with E-state index in [0.717, 1.165) is 10.7 Å². The lowest BCUT2D eigenvalue weighted by Gasteiger charge is -2.30. The second kappa shape index (κ2) is 10.6. The van der Waals surface area contributed by atoms with E-state index < -0.39 is 5.97 Å². The van der Waals surface area contributed by atoms with Crippen LogP contribution in [-0.2, 0) is 30.4 Å². The van der Waals surface area contributed by atoms with Crippen LogP contribution in [0.1, 0.15) is 19.8 Å². The summed E-state index contributed by atoms with van der Waals surface area (Å²) in [6.45, 7) is 3.28. The van der Waals surface area contributed by atoms with Crippen molar-refractivity contribution >= 4 is 40.9 Å². The van der Waals surface area contributed by atoms with Gasteiger partial charge in [-0.1, -0.05) is 17.8 Å². The number of piperidine rings is 1. The normalized spacial score (nSPS) is 14.5. The van der Waals surface area contributed by atoms with Crippen molar-refractivity contribution < 1.29 is 23.9 Å². The third kappa shape index (κ3) is 5.39. The van der Waals surface area contributed by atoms with Gasteiger partial charge in [-0.25, -0.2) is 0 Å². The Morgan fingerprint density at radius 1 is 1.27 bits per heavy atom. The highest BCUT2D eigenvalue weighted by Crippen LogP contribution is 2.27. The number of aromatic nitrogens is 3. The smallest absolute Gasteiger partial charge is 0.316 e. The monoisotopic (exact) mass is 452 g/mol. The number of thioether (sulfide) groups is 1. The van der Waals surface area contributed by atoms with Gasteiger partial charge in [0.25, 0.3) is 5.91 Å². The van der Waals surface area contributed by atoms with Gasteiger partial charge in [0.05, 0.1) is 23.7 Å². The molecule has 3 rings (SSSR count). The van der Waals surface area contributed by atoms with E-state index in [1.54, 1.807) is 16.2 Å². The van der Waals surface area contributed by atoms with E-state index in [1.807, 2.05) is 29.0 Å². The first-order valence-electron chi connectivity index (χ1n) is 9.64. The number of carbonyl (C=O) groups is 3. The van der Waals surface area contributed by atoms with Crippen molar-refractivity contribution in [2.24, 2.45) is 5.92 Å². The zero-order chi connectivity index (χ0) is 21.5. The Labute approximate surface area is 182 Å². The first-order valence-corrected chi connectivity index (χ1v) is 11.5. The number of nitrogens with zero attached hydrogens (tertiary/aromatic N) is 4. The van der Waals surface area contributed by atoms with E-state index in [2.05, 4.69) is 10.2 Å². The molecular weight excluding hydrogens is 428 g/mol. The van der Waals surface area contributed by atoms with Crippen molar-refractivity contribution in [1.29, 1.82) is 0 Å². The summed E-state index contributed by atoms with van der Waals surface area (Å²) in [6.07, 6.45) is 1.11. The van der Waals surface area contributed by atoms with Crippen molar-refractivity contribution in [1.82, 2.24) is 19.7 Å². The number of methoxy groups -OCH3 is 1. The van der Waals surface area contributed by atoms with Crippen LogP contribution in [0, 0.1) is 5.92 Å². The number of amides is 1. The van der Waals surface area contributed by atoms with Crippen LogP contribution in [0.3, 0.4) is 0 Å². The van der Waals surface area contributed by atoms with Gasteiger partial charge in [-0.05, 0) is 31.2 Å². The minimum Gasteiger partial charge on any atom is -0.469 e. The molecule has 1 aliphatic rings. The van der Waals surface area contributed by atoms with Crippen LogP contribution in [0.5, 0.6) is 0 Å². The van der Waals surface area contributed by atoms with Crippen LogP contribution >= 0.6 is 23.1 Å². The van der Waals surface area contributed by atoms with Crippen LogP contribution in [-0.4, -0.2) is 70.1 Å². The summed E-state index contributed by atoms with van der Waals surface area (Å²) in [5.74, 6) is -0.343. The number of esters is 2. The molecule has 0 bridgehead atoms. The number of carbonyl (C=O) groups excluding carboxylic acids is 3. The summed E-state index contributed by atoms with van der Waals surface area (Å²) >= 11 is 2.81. The second-order valence-electron chi connectivity index (χ2n) is 6.66. The molecule has 1 saturated heterocycles. The topological polar surface area (TPSA) is 104 Å². The number of thiophene rings is 1. The summed E-state index contributed by atoms with van der Waals surface area (Å²) in [4.78, 5) is 38.5. The summed E-state index contributed by atoms with van der Waals surface area (Å²) in [5, 5.41) is 11.0. The fourth-order valence-electron chi connectivity index (χ4n) is 3.20. The van der Waals surface area contributed by atoms with E-state index in [-0.39, 0.29) is 30.2 Å². The summed E-state index contributed by atoms with van der Waals surface area (Å²) in [6, 6.07) is 3.93. The van der Waals surface area contributed by atoms with Crippen molar-refractivity contribution in [3.8, 4) is 10.7 Å². The van der Waals surface area contributed by atoms with E-state index in [4.69, 9.17) is 9.47 Å². The number of ether oxygens (including phenoxy) is 2. The van der Waals surface area contributed by atoms with E-state index in [1.165, 1.54) is 18.9 Å². The minimum atomic E-state index is -0.485. The molecule has 162 valence electrons.